The molecular weight excluding hydrogens is 197 g/mol. The zero-order valence-corrected chi connectivity index (χ0v) is 6.71. The fourth-order valence-corrected chi connectivity index (χ4v) is 0.470. The van der Waals surface area contributed by atoms with Gasteiger partial charge in [0.05, 0.1) is 0 Å². The lowest BCUT2D eigenvalue weighted by Gasteiger charge is -2.14. The van der Waals surface area contributed by atoms with Crippen molar-refractivity contribution in [2.24, 2.45) is 0 Å². The molecule has 0 aromatic carbocycles. The van der Waals surface area contributed by atoms with Crippen LogP contribution < -0.4 is 5.32 Å². The van der Waals surface area contributed by atoms with Gasteiger partial charge in [-0.1, -0.05) is 6.92 Å². The standard InChI is InChI=1S/C6H8F5NO/c1-2-5(7,8)4(13)12-3-6(9,10)11/h2-3H2,1H3,(H,12,13). The molecule has 0 saturated carbocycles. The number of nitrogens with one attached hydrogen (secondary N) is 1. The molecule has 1 N–H and O–H groups in total. The molecule has 0 aromatic heterocycles. The van der Waals surface area contributed by atoms with E-state index >= 15 is 0 Å². The van der Waals surface area contributed by atoms with Crippen LogP contribution >= 0.6 is 0 Å². The molecule has 0 atom stereocenters. The van der Waals surface area contributed by atoms with Gasteiger partial charge in [0, 0.05) is 6.42 Å². The first-order valence-electron chi connectivity index (χ1n) is 3.42. The molecule has 0 saturated heterocycles. The number of halogens is 5. The zero-order chi connectivity index (χ0) is 10.7. The highest BCUT2D eigenvalue weighted by atomic mass is 19.4. The third-order valence-corrected chi connectivity index (χ3v) is 1.23. The number of hydrogen-bond donors (Lipinski definition) is 1. The van der Waals surface area contributed by atoms with Crippen molar-refractivity contribution in [2.45, 2.75) is 25.4 Å². The molecule has 0 aliphatic carbocycles. The van der Waals surface area contributed by atoms with Crippen LogP contribution in [0.15, 0.2) is 0 Å². The van der Waals surface area contributed by atoms with E-state index in [0.717, 1.165) is 12.2 Å². The SMILES string of the molecule is CCC(F)(F)C(=O)NCC(F)(F)F. The quantitative estimate of drug-likeness (QED) is 0.698. The van der Waals surface area contributed by atoms with Crippen molar-refractivity contribution in [3.05, 3.63) is 0 Å². The topological polar surface area (TPSA) is 29.1 Å². The third-order valence-electron chi connectivity index (χ3n) is 1.23. The zero-order valence-electron chi connectivity index (χ0n) is 6.71. The average molecular weight is 205 g/mol. The molecule has 78 valence electrons. The molecule has 0 rings (SSSR count). The molecular formula is C6H8F5NO. The summed E-state index contributed by atoms with van der Waals surface area (Å²) in [7, 11) is 0. The van der Waals surface area contributed by atoms with Crippen molar-refractivity contribution in [1.82, 2.24) is 5.32 Å². The van der Waals surface area contributed by atoms with Crippen LogP contribution in [-0.4, -0.2) is 24.6 Å². The lowest BCUT2D eigenvalue weighted by Crippen LogP contribution is -2.43. The summed E-state index contributed by atoms with van der Waals surface area (Å²) in [4.78, 5) is 10.4. The van der Waals surface area contributed by atoms with Crippen LogP contribution in [0.3, 0.4) is 0 Å². The van der Waals surface area contributed by atoms with Gasteiger partial charge in [-0.05, 0) is 0 Å². The van der Waals surface area contributed by atoms with Crippen molar-refractivity contribution in [3.63, 3.8) is 0 Å². The maximum absolute atomic E-state index is 12.3. The summed E-state index contributed by atoms with van der Waals surface area (Å²) in [5.74, 6) is -5.63. The van der Waals surface area contributed by atoms with E-state index in [0.29, 0.717) is 0 Å². The Hall–Kier alpha value is -0.880. The van der Waals surface area contributed by atoms with E-state index in [1.807, 2.05) is 0 Å². The second-order valence-corrected chi connectivity index (χ2v) is 2.36. The molecule has 0 radical (unpaired) electrons. The summed E-state index contributed by atoms with van der Waals surface area (Å²) < 4.78 is 59.0. The Labute approximate surface area is 71.1 Å². The van der Waals surface area contributed by atoms with Crippen LogP contribution in [-0.2, 0) is 4.79 Å². The molecule has 0 aliphatic heterocycles. The minimum Gasteiger partial charge on any atom is -0.342 e. The van der Waals surface area contributed by atoms with Crippen LogP contribution in [0.25, 0.3) is 0 Å². The molecule has 0 bridgehead atoms. The second-order valence-electron chi connectivity index (χ2n) is 2.36. The molecule has 0 spiro atoms. The highest BCUT2D eigenvalue weighted by Crippen LogP contribution is 2.19. The van der Waals surface area contributed by atoms with E-state index in [1.54, 1.807) is 0 Å². The van der Waals surface area contributed by atoms with Crippen LogP contribution in [0, 0.1) is 0 Å². The highest BCUT2D eigenvalue weighted by Gasteiger charge is 2.38. The Morgan fingerprint density at radius 2 is 1.69 bits per heavy atom. The molecule has 0 fully saturated rings. The lowest BCUT2D eigenvalue weighted by molar-refractivity contribution is -0.155. The van der Waals surface area contributed by atoms with Crippen LogP contribution in [0.4, 0.5) is 22.0 Å². The summed E-state index contributed by atoms with van der Waals surface area (Å²) in [6.45, 7) is -0.728. The van der Waals surface area contributed by atoms with Gasteiger partial charge < -0.3 is 5.32 Å². The molecule has 0 heterocycles. The second kappa shape index (κ2) is 3.89. The van der Waals surface area contributed by atoms with Crippen LogP contribution in [0.5, 0.6) is 0 Å². The minimum absolute atomic E-state index is 0.823. The van der Waals surface area contributed by atoms with Gasteiger partial charge in [0.2, 0.25) is 0 Å². The molecule has 7 heteroatoms. The van der Waals surface area contributed by atoms with Gasteiger partial charge in [0.1, 0.15) is 6.54 Å². The maximum Gasteiger partial charge on any atom is 0.405 e. The smallest absolute Gasteiger partial charge is 0.342 e. The van der Waals surface area contributed by atoms with Gasteiger partial charge in [0.15, 0.2) is 0 Å². The maximum atomic E-state index is 12.3. The van der Waals surface area contributed by atoms with E-state index < -0.39 is 31.0 Å². The Balaban J connectivity index is 4.03. The molecule has 0 unspecified atom stereocenters. The predicted molar refractivity (Wildman–Crippen MR) is 34.3 cm³/mol. The van der Waals surface area contributed by atoms with Crippen LogP contribution in [0.2, 0.25) is 0 Å². The van der Waals surface area contributed by atoms with Gasteiger partial charge in [-0.2, -0.15) is 22.0 Å². The highest BCUT2D eigenvalue weighted by molar-refractivity contribution is 5.83. The predicted octanol–water partition coefficient (Wildman–Crippen LogP) is 1.71. The van der Waals surface area contributed by atoms with Crippen molar-refractivity contribution in [2.75, 3.05) is 6.54 Å². The molecule has 1 amide bonds. The Kier molecular flexibility index (Phi) is 3.62. The summed E-state index contributed by atoms with van der Waals surface area (Å²) in [5, 5.41) is 1.10. The fraction of sp³-hybridized carbons (Fsp3) is 0.833. The van der Waals surface area contributed by atoms with E-state index in [4.69, 9.17) is 0 Å². The van der Waals surface area contributed by atoms with Crippen LogP contribution in [0.1, 0.15) is 13.3 Å². The van der Waals surface area contributed by atoms with Gasteiger partial charge in [-0.15, -0.1) is 0 Å². The van der Waals surface area contributed by atoms with Crippen molar-refractivity contribution in [3.8, 4) is 0 Å². The summed E-state index contributed by atoms with van der Waals surface area (Å²) in [6, 6.07) is 0. The average Bonchev–Trinajstić information content (AvgIpc) is 1.98. The number of hydrogen-bond acceptors (Lipinski definition) is 1. The first-order valence-corrected chi connectivity index (χ1v) is 3.42. The van der Waals surface area contributed by atoms with E-state index in [1.165, 1.54) is 0 Å². The summed E-state index contributed by atoms with van der Waals surface area (Å²) in [5.41, 5.74) is 0. The Bertz CT molecular complexity index is 188. The summed E-state index contributed by atoms with van der Waals surface area (Å²) in [6.07, 6.45) is -5.49. The number of rotatable bonds is 3. The first kappa shape index (κ1) is 12.1. The van der Waals surface area contributed by atoms with Gasteiger partial charge in [-0.3, -0.25) is 4.79 Å². The minimum atomic E-state index is -4.67. The summed E-state index contributed by atoms with van der Waals surface area (Å²) >= 11 is 0. The van der Waals surface area contributed by atoms with Crippen molar-refractivity contribution < 1.29 is 26.7 Å². The van der Waals surface area contributed by atoms with Gasteiger partial charge >= 0.3 is 12.1 Å². The normalized spacial score (nSPS) is 12.8. The van der Waals surface area contributed by atoms with Gasteiger partial charge in [0.25, 0.3) is 5.91 Å². The number of carbonyl (C=O) groups excluding carboxylic acids is 1. The van der Waals surface area contributed by atoms with E-state index in [9.17, 15) is 26.7 Å². The van der Waals surface area contributed by atoms with Crippen molar-refractivity contribution in [1.29, 1.82) is 0 Å². The Morgan fingerprint density at radius 3 is 2.00 bits per heavy atom. The number of alkyl halides is 5. The first-order chi connectivity index (χ1) is 5.69. The fourth-order valence-electron chi connectivity index (χ4n) is 0.470. The van der Waals surface area contributed by atoms with E-state index in [-0.39, 0.29) is 0 Å². The molecule has 0 aromatic rings. The largest absolute Gasteiger partial charge is 0.405 e. The van der Waals surface area contributed by atoms with Crippen molar-refractivity contribution >= 4 is 5.91 Å². The monoisotopic (exact) mass is 205 g/mol. The number of amides is 1. The lowest BCUT2D eigenvalue weighted by atomic mass is 10.2. The van der Waals surface area contributed by atoms with E-state index in [2.05, 4.69) is 0 Å². The molecule has 2 nitrogen and oxygen atoms in total. The third kappa shape index (κ3) is 4.64. The molecule has 13 heavy (non-hydrogen) atoms. The van der Waals surface area contributed by atoms with Gasteiger partial charge in [-0.25, -0.2) is 0 Å². The number of carbonyl (C=O) groups is 1. The Morgan fingerprint density at radius 1 is 1.23 bits per heavy atom. The molecule has 0 aliphatic rings.